The number of halogens is 12. The van der Waals surface area contributed by atoms with Gasteiger partial charge in [-0.1, -0.05) is 23.8 Å². The maximum absolute atomic E-state index is 13.4. The molecule has 1 aliphatic rings. The Morgan fingerprint density at radius 1 is 0.541 bits per heavy atom. The van der Waals surface area contributed by atoms with Gasteiger partial charge in [-0.25, -0.2) is 0 Å². The van der Waals surface area contributed by atoms with Gasteiger partial charge in [0.25, 0.3) is 0 Å². The monoisotopic (exact) mass is 548 g/mol. The molecular formula is C24H16F12O. The molecule has 0 radical (unpaired) electrons. The van der Waals surface area contributed by atoms with Crippen molar-refractivity contribution in [3.05, 3.63) is 93.6 Å². The highest BCUT2D eigenvalue weighted by Gasteiger charge is 2.43. The van der Waals surface area contributed by atoms with E-state index in [0.29, 0.717) is 5.57 Å². The van der Waals surface area contributed by atoms with Crippen molar-refractivity contribution in [1.82, 2.24) is 0 Å². The summed E-state index contributed by atoms with van der Waals surface area (Å²) in [7, 11) is 0. The van der Waals surface area contributed by atoms with E-state index in [1.165, 1.54) is 6.08 Å². The van der Waals surface area contributed by atoms with Gasteiger partial charge in [-0.05, 0) is 66.8 Å². The molecule has 202 valence electrons. The molecule has 0 bridgehead atoms. The largest absolute Gasteiger partial charge is 0.416 e. The summed E-state index contributed by atoms with van der Waals surface area (Å²) in [5.41, 5.74) is -12.5. The van der Waals surface area contributed by atoms with E-state index in [1.54, 1.807) is 12.2 Å². The van der Waals surface area contributed by atoms with E-state index in [2.05, 4.69) is 0 Å². The Morgan fingerprint density at radius 2 is 0.865 bits per heavy atom. The van der Waals surface area contributed by atoms with Crippen LogP contribution in [0.3, 0.4) is 0 Å². The summed E-state index contributed by atoms with van der Waals surface area (Å²) in [6, 6.07) is -0.177. The summed E-state index contributed by atoms with van der Waals surface area (Å²) in [5, 5.41) is 11.5. The Balaban J connectivity index is 2.34. The molecule has 0 heterocycles. The van der Waals surface area contributed by atoms with Crippen molar-refractivity contribution in [2.45, 2.75) is 49.6 Å². The third-order valence-electron chi connectivity index (χ3n) is 5.79. The van der Waals surface area contributed by atoms with Crippen LogP contribution in [0, 0.1) is 0 Å². The van der Waals surface area contributed by atoms with E-state index in [-0.39, 0.29) is 49.2 Å². The molecule has 0 saturated heterocycles. The van der Waals surface area contributed by atoms with E-state index < -0.39 is 70.1 Å². The lowest BCUT2D eigenvalue weighted by molar-refractivity contribution is -0.144. The van der Waals surface area contributed by atoms with Gasteiger partial charge in [-0.2, -0.15) is 52.7 Å². The molecule has 0 unspecified atom stereocenters. The van der Waals surface area contributed by atoms with Crippen molar-refractivity contribution in [3.63, 3.8) is 0 Å². The third-order valence-corrected chi connectivity index (χ3v) is 5.79. The first kappa shape index (κ1) is 28.6. The van der Waals surface area contributed by atoms with Crippen LogP contribution in [0.5, 0.6) is 0 Å². The zero-order valence-corrected chi connectivity index (χ0v) is 18.3. The minimum absolute atomic E-state index is 0.0873. The van der Waals surface area contributed by atoms with Crippen molar-refractivity contribution < 1.29 is 57.8 Å². The molecule has 0 aromatic heterocycles. The summed E-state index contributed by atoms with van der Waals surface area (Å²) >= 11 is 0. The molecular weight excluding hydrogens is 532 g/mol. The van der Waals surface area contributed by atoms with Crippen LogP contribution in [0.1, 0.15) is 52.6 Å². The number of rotatable bonds is 5. The molecule has 0 fully saturated rings. The van der Waals surface area contributed by atoms with E-state index in [1.807, 2.05) is 0 Å². The molecule has 2 aromatic rings. The Morgan fingerprint density at radius 3 is 1.14 bits per heavy atom. The second-order valence-corrected chi connectivity index (χ2v) is 8.41. The number of hydrogen-bond donors (Lipinski definition) is 1. The number of alkyl halides is 12. The first-order valence-electron chi connectivity index (χ1n) is 10.4. The standard InChI is InChI=1S/C24H16F12O/c25-21(26,27)16-7-14(8-17(11-16)22(28,29)30)20(37,6-5-13-3-1-2-4-13)15-9-18(23(31,32)33)12-19(10-15)24(34,35)36/h1-3,7-12,37H,4-6H2. The highest BCUT2D eigenvalue weighted by Crippen LogP contribution is 2.45. The molecule has 0 atom stereocenters. The lowest BCUT2D eigenvalue weighted by Crippen LogP contribution is -2.30. The topological polar surface area (TPSA) is 20.2 Å². The summed E-state index contributed by atoms with van der Waals surface area (Å²) in [4.78, 5) is 0. The van der Waals surface area contributed by atoms with Gasteiger partial charge < -0.3 is 5.11 Å². The first-order chi connectivity index (χ1) is 16.7. The van der Waals surface area contributed by atoms with Gasteiger partial charge in [0.1, 0.15) is 5.60 Å². The molecule has 0 amide bonds. The summed E-state index contributed by atoms with van der Waals surface area (Å²) in [6.07, 6.45) is -17.6. The Labute approximate surface area is 201 Å². The third kappa shape index (κ3) is 6.49. The highest BCUT2D eigenvalue weighted by molar-refractivity contribution is 5.46. The second kappa shape index (κ2) is 9.41. The molecule has 3 rings (SSSR count). The fourth-order valence-electron chi connectivity index (χ4n) is 3.86. The van der Waals surface area contributed by atoms with Gasteiger partial charge in [0, 0.05) is 0 Å². The van der Waals surface area contributed by atoms with E-state index in [4.69, 9.17) is 0 Å². The minimum atomic E-state index is -5.38. The molecule has 13 heteroatoms. The van der Waals surface area contributed by atoms with Crippen LogP contribution in [0.2, 0.25) is 0 Å². The molecule has 0 aliphatic heterocycles. The van der Waals surface area contributed by atoms with Gasteiger partial charge in [0.15, 0.2) is 0 Å². The van der Waals surface area contributed by atoms with E-state index in [0.717, 1.165) is 0 Å². The predicted molar refractivity (Wildman–Crippen MR) is 107 cm³/mol. The fraction of sp³-hybridized carbons (Fsp3) is 0.333. The van der Waals surface area contributed by atoms with Crippen LogP contribution < -0.4 is 0 Å². The fourth-order valence-corrected chi connectivity index (χ4v) is 3.86. The second-order valence-electron chi connectivity index (χ2n) is 8.41. The average Bonchev–Trinajstić information content (AvgIpc) is 3.28. The molecule has 1 nitrogen and oxygen atoms in total. The zero-order chi connectivity index (χ0) is 28.0. The van der Waals surface area contributed by atoms with Gasteiger partial charge >= 0.3 is 24.7 Å². The lowest BCUT2D eigenvalue weighted by atomic mass is 9.79. The number of hydrogen-bond acceptors (Lipinski definition) is 1. The van der Waals surface area contributed by atoms with Crippen LogP contribution >= 0.6 is 0 Å². The lowest BCUT2D eigenvalue weighted by Gasteiger charge is -2.32. The van der Waals surface area contributed by atoms with Crippen LogP contribution in [0.25, 0.3) is 0 Å². The Hall–Kier alpha value is -2.96. The maximum atomic E-state index is 13.4. The number of benzene rings is 2. The zero-order valence-electron chi connectivity index (χ0n) is 18.3. The predicted octanol–water partition coefficient (Wildman–Crippen LogP) is 8.66. The van der Waals surface area contributed by atoms with Crippen molar-refractivity contribution >= 4 is 0 Å². The Bertz CT molecular complexity index is 1070. The molecule has 1 N–H and O–H groups in total. The van der Waals surface area contributed by atoms with E-state index in [9.17, 15) is 57.8 Å². The van der Waals surface area contributed by atoms with Crippen LogP contribution in [-0.2, 0) is 30.3 Å². The first-order valence-corrected chi connectivity index (χ1v) is 10.4. The smallest absolute Gasteiger partial charge is 0.380 e. The average molecular weight is 548 g/mol. The molecule has 2 aromatic carbocycles. The maximum Gasteiger partial charge on any atom is 0.416 e. The number of allylic oxidation sites excluding steroid dienone is 4. The highest BCUT2D eigenvalue weighted by atomic mass is 19.4. The quantitative estimate of drug-likeness (QED) is 0.371. The van der Waals surface area contributed by atoms with Crippen LogP contribution in [0.15, 0.2) is 60.2 Å². The summed E-state index contributed by atoms with van der Waals surface area (Å²) in [5.74, 6) is 0. The molecule has 37 heavy (non-hydrogen) atoms. The molecule has 0 saturated carbocycles. The van der Waals surface area contributed by atoms with Gasteiger partial charge in [0.05, 0.1) is 22.3 Å². The van der Waals surface area contributed by atoms with Gasteiger partial charge in [-0.15, -0.1) is 0 Å². The van der Waals surface area contributed by atoms with Gasteiger partial charge in [-0.3, -0.25) is 0 Å². The van der Waals surface area contributed by atoms with Crippen LogP contribution in [-0.4, -0.2) is 5.11 Å². The van der Waals surface area contributed by atoms with Crippen molar-refractivity contribution in [3.8, 4) is 0 Å². The molecule has 1 aliphatic carbocycles. The minimum Gasteiger partial charge on any atom is -0.380 e. The normalized spacial score (nSPS) is 15.3. The van der Waals surface area contributed by atoms with Crippen LogP contribution in [0.4, 0.5) is 52.7 Å². The Kier molecular flexibility index (Phi) is 7.28. The SMILES string of the molecule is OC(CCC1=CC=CC1)(c1cc(C(F)(F)F)cc(C(F)(F)F)c1)c1cc(C(F)(F)F)cc(C(F)(F)F)c1. The van der Waals surface area contributed by atoms with Crippen molar-refractivity contribution in [2.24, 2.45) is 0 Å². The van der Waals surface area contributed by atoms with Crippen molar-refractivity contribution in [2.75, 3.05) is 0 Å². The molecule has 0 spiro atoms. The number of aliphatic hydroxyl groups is 1. The van der Waals surface area contributed by atoms with E-state index >= 15 is 0 Å². The van der Waals surface area contributed by atoms with Gasteiger partial charge in [0.2, 0.25) is 0 Å². The van der Waals surface area contributed by atoms with Crippen molar-refractivity contribution in [1.29, 1.82) is 0 Å². The summed E-state index contributed by atoms with van der Waals surface area (Å²) in [6.45, 7) is 0. The summed E-state index contributed by atoms with van der Waals surface area (Å²) < 4.78 is 161.